The quantitative estimate of drug-likeness (QED) is 0.623. The van der Waals surface area contributed by atoms with Gasteiger partial charge >= 0.3 is 0 Å². The second-order valence-electron chi connectivity index (χ2n) is 7.25. The minimum absolute atomic E-state index is 0.0265. The van der Waals surface area contributed by atoms with E-state index in [1.54, 1.807) is 22.0 Å². The second kappa shape index (κ2) is 7.58. The first-order valence-corrected chi connectivity index (χ1v) is 10.3. The van der Waals surface area contributed by atoms with Gasteiger partial charge in [-0.1, -0.05) is 43.5 Å². The molecule has 134 valence electrons. The first kappa shape index (κ1) is 17.2. The maximum Gasteiger partial charge on any atom is 0.251 e. The van der Waals surface area contributed by atoms with E-state index in [0.717, 1.165) is 27.7 Å². The maximum atomic E-state index is 12.0. The summed E-state index contributed by atoms with van der Waals surface area (Å²) in [6.07, 6.45) is 8.61. The van der Waals surface area contributed by atoms with Crippen LogP contribution >= 0.6 is 11.3 Å². The van der Waals surface area contributed by atoms with Gasteiger partial charge in [-0.2, -0.15) is 0 Å². The summed E-state index contributed by atoms with van der Waals surface area (Å²) in [6, 6.07) is 12.6. The molecule has 4 heteroatoms. The summed E-state index contributed by atoms with van der Waals surface area (Å²) in [7, 11) is 0. The molecule has 26 heavy (non-hydrogen) atoms. The molecule has 1 fully saturated rings. The lowest BCUT2D eigenvalue weighted by atomic mass is 9.84. The molecule has 1 aliphatic carbocycles. The number of pyridine rings is 1. The highest BCUT2D eigenvalue weighted by atomic mass is 32.1. The van der Waals surface area contributed by atoms with Crippen LogP contribution in [0.2, 0.25) is 0 Å². The number of thiazole rings is 1. The zero-order chi connectivity index (χ0) is 17.9. The molecule has 0 bridgehead atoms. The third kappa shape index (κ3) is 3.80. The fraction of sp³-hybridized carbons (Fsp3) is 0.364. The number of hydrogen-bond acceptors (Lipinski definition) is 3. The van der Waals surface area contributed by atoms with Gasteiger partial charge in [-0.05, 0) is 42.9 Å². The first-order chi connectivity index (χ1) is 12.7. The van der Waals surface area contributed by atoms with Gasteiger partial charge in [0.1, 0.15) is 5.01 Å². The number of aryl methyl sites for hydroxylation is 1. The molecule has 2 aromatic heterocycles. The van der Waals surface area contributed by atoms with Gasteiger partial charge in [0.25, 0.3) is 5.56 Å². The van der Waals surface area contributed by atoms with E-state index in [2.05, 4.69) is 29.6 Å². The Labute approximate surface area is 158 Å². The van der Waals surface area contributed by atoms with E-state index in [1.807, 2.05) is 19.2 Å². The van der Waals surface area contributed by atoms with Crippen molar-refractivity contribution in [2.75, 3.05) is 0 Å². The van der Waals surface area contributed by atoms with Crippen molar-refractivity contribution in [3.05, 3.63) is 74.5 Å². The van der Waals surface area contributed by atoms with E-state index < -0.39 is 0 Å². The number of hydrogen-bond donors (Lipinski definition) is 0. The normalized spacial score (nSPS) is 15.3. The molecule has 0 aliphatic heterocycles. The van der Waals surface area contributed by atoms with Crippen LogP contribution in [0.5, 0.6) is 0 Å². The molecule has 0 atom stereocenters. The largest absolute Gasteiger partial charge is 0.309 e. The van der Waals surface area contributed by atoms with Crippen molar-refractivity contribution >= 4 is 11.3 Å². The van der Waals surface area contributed by atoms with Crippen molar-refractivity contribution in [3.8, 4) is 11.3 Å². The predicted molar refractivity (Wildman–Crippen MR) is 108 cm³/mol. The number of nitrogens with zero attached hydrogens (tertiary/aromatic N) is 2. The van der Waals surface area contributed by atoms with Crippen molar-refractivity contribution in [1.29, 1.82) is 0 Å². The highest BCUT2D eigenvalue weighted by Gasteiger charge is 2.15. The Morgan fingerprint density at radius 3 is 2.62 bits per heavy atom. The van der Waals surface area contributed by atoms with Gasteiger partial charge in [-0.25, -0.2) is 4.98 Å². The van der Waals surface area contributed by atoms with E-state index in [1.165, 1.54) is 37.7 Å². The molecule has 3 nitrogen and oxygen atoms in total. The summed E-state index contributed by atoms with van der Waals surface area (Å²) in [4.78, 5) is 16.8. The molecule has 0 saturated heterocycles. The third-order valence-electron chi connectivity index (χ3n) is 5.29. The molecule has 0 unspecified atom stereocenters. The molecule has 1 aromatic carbocycles. The zero-order valence-electron chi connectivity index (χ0n) is 15.1. The van der Waals surface area contributed by atoms with E-state index in [9.17, 15) is 4.79 Å². The molecule has 2 heterocycles. The predicted octanol–water partition coefficient (Wildman–Crippen LogP) is 5.38. The molecule has 4 rings (SSSR count). The summed E-state index contributed by atoms with van der Waals surface area (Å²) < 4.78 is 1.71. The fourth-order valence-electron chi connectivity index (χ4n) is 3.76. The van der Waals surface area contributed by atoms with Crippen LogP contribution in [0.3, 0.4) is 0 Å². The minimum atomic E-state index is 0.0265. The number of benzene rings is 1. The molecular formula is C22H24N2OS. The van der Waals surface area contributed by atoms with Gasteiger partial charge < -0.3 is 4.57 Å². The summed E-state index contributed by atoms with van der Waals surface area (Å²) in [5.41, 5.74) is 4.64. The average Bonchev–Trinajstić information content (AvgIpc) is 3.14. The number of rotatable bonds is 4. The minimum Gasteiger partial charge on any atom is -0.309 e. The highest BCUT2D eigenvalue weighted by molar-refractivity contribution is 7.09. The summed E-state index contributed by atoms with van der Waals surface area (Å²) in [6.45, 7) is 2.47. The van der Waals surface area contributed by atoms with Crippen LogP contribution in [0.15, 0.2) is 52.8 Å². The Morgan fingerprint density at radius 2 is 1.88 bits per heavy atom. The monoisotopic (exact) mass is 364 g/mol. The molecule has 1 aliphatic rings. The molecular weight excluding hydrogens is 340 g/mol. The van der Waals surface area contributed by atoms with Gasteiger partial charge in [0.15, 0.2) is 0 Å². The Balaban J connectivity index is 1.49. The lowest BCUT2D eigenvalue weighted by Gasteiger charge is -2.22. The first-order valence-electron chi connectivity index (χ1n) is 9.41. The van der Waals surface area contributed by atoms with E-state index in [0.29, 0.717) is 6.54 Å². The molecule has 0 radical (unpaired) electrons. The average molecular weight is 365 g/mol. The van der Waals surface area contributed by atoms with Crippen LogP contribution in [0.25, 0.3) is 11.3 Å². The van der Waals surface area contributed by atoms with Crippen LogP contribution in [-0.4, -0.2) is 9.55 Å². The Kier molecular flexibility index (Phi) is 5.02. The van der Waals surface area contributed by atoms with Crippen LogP contribution in [0, 0.1) is 6.92 Å². The van der Waals surface area contributed by atoms with Crippen LogP contribution in [-0.2, 0) is 6.54 Å². The topological polar surface area (TPSA) is 34.9 Å². The van der Waals surface area contributed by atoms with Crippen LogP contribution < -0.4 is 5.56 Å². The van der Waals surface area contributed by atoms with Gasteiger partial charge in [0.05, 0.1) is 12.2 Å². The van der Waals surface area contributed by atoms with Gasteiger partial charge in [-0.3, -0.25) is 4.79 Å². The van der Waals surface area contributed by atoms with Gasteiger partial charge in [0, 0.05) is 23.2 Å². The Bertz CT molecular complexity index is 933. The van der Waals surface area contributed by atoms with Crippen molar-refractivity contribution < 1.29 is 0 Å². The summed E-state index contributed by atoms with van der Waals surface area (Å²) >= 11 is 1.61. The fourth-order valence-corrected chi connectivity index (χ4v) is 4.56. The SMILES string of the molecule is Cc1ccn(Cc2nc(-c3ccc(C4CCCCC4)cc3)cs2)c(=O)c1. The van der Waals surface area contributed by atoms with Crippen molar-refractivity contribution in [3.63, 3.8) is 0 Å². The number of aromatic nitrogens is 2. The van der Waals surface area contributed by atoms with Crippen LogP contribution in [0.4, 0.5) is 0 Å². The van der Waals surface area contributed by atoms with Crippen molar-refractivity contribution in [2.24, 2.45) is 0 Å². The van der Waals surface area contributed by atoms with E-state index in [4.69, 9.17) is 4.98 Å². The third-order valence-corrected chi connectivity index (χ3v) is 6.13. The summed E-state index contributed by atoms with van der Waals surface area (Å²) in [5.74, 6) is 0.734. The van der Waals surface area contributed by atoms with E-state index in [-0.39, 0.29) is 5.56 Å². The lowest BCUT2D eigenvalue weighted by Crippen LogP contribution is -2.19. The highest BCUT2D eigenvalue weighted by Crippen LogP contribution is 2.33. The molecule has 3 aromatic rings. The smallest absolute Gasteiger partial charge is 0.251 e. The van der Waals surface area contributed by atoms with Crippen molar-refractivity contribution in [2.45, 2.75) is 51.5 Å². The van der Waals surface area contributed by atoms with Gasteiger partial charge in [-0.15, -0.1) is 11.3 Å². The Hall–Kier alpha value is -2.20. The van der Waals surface area contributed by atoms with Crippen molar-refractivity contribution in [1.82, 2.24) is 9.55 Å². The Morgan fingerprint density at radius 1 is 1.12 bits per heavy atom. The molecule has 1 saturated carbocycles. The lowest BCUT2D eigenvalue weighted by molar-refractivity contribution is 0.443. The summed E-state index contributed by atoms with van der Waals surface area (Å²) in [5, 5.41) is 3.05. The second-order valence-corrected chi connectivity index (χ2v) is 8.20. The maximum absolute atomic E-state index is 12.0. The van der Waals surface area contributed by atoms with Crippen LogP contribution in [0.1, 0.15) is 54.2 Å². The van der Waals surface area contributed by atoms with E-state index >= 15 is 0 Å². The van der Waals surface area contributed by atoms with Gasteiger partial charge in [0.2, 0.25) is 0 Å². The zero-order valence-corrected chi connectivity index (χ0v) is 16.0. The molecule has 0 spiro atoms. The standard InChI is InChI=1S/C22H24N2OS/c1-16-11-12-24(22(25)13-16)14-21-23-20(15-26-21)19-9-7-18(8-10-19)17-5-3-2-4-6-17/h7-13,15,17H,2-6,14H2,1H3. The molecule has 0 amide bonds. The molecule has 0 N–H and O–H groups in total.